The molecule has 1 amide bonds. The number of hydrogen-bond acceptors (Lipinski definition) is 3. The highest BCUT2D eigenvalue weighted by molar-refractivity contribution is 6.12. The third-order valence-corrected chi connectivity index (χ3v) is 2.58. The van der Waals surface area contributed by atoms with E-state index in [1.165, 1.54) is 0 Å². The second-order valence-corrected chi connectivity index (χ2v) is 3.76. The van der Waals surface area contributed by atoms with E-state index in [9.17, 15) is 4.79 Å². The lowest BCUT2D eigenvalue weighted by atomic mass is 10.0. The van der Waals surface area contributed by atoms with E-state index in [-0.39, 0.29) is 18.4 Å². The highest BCUT2D eigenvalue weighted by Gasteiger charge is 2.10. The third kappa shape index (κ3) is 3.14. The van der Waals surface area contributed by atoms with Gasteiger partial charge in [0.15, 0.2) is 5.96 Å². The van der Waals surface area contributed by atoms with Gasteiger partial charge in [0, 0.05) is 5.56 Å². The quantitative estimate of drug-likeness (QED) is 0.579. The number of methoxy groups -OCH3 is 1. The van der Waals surface area contributed by atoms with Crippen LogP contribution in [0.15, 0.2) is 36.4 Å². The predicted molar refractivity (Wildman–Crippen MR) is 77.1 cm³/mol. The third-order valence-electron chi connectivity index (χ3n) is 2.58. The van der Waals surface area contributed by atoms with Gasteiger partial charge in [-0.1, -0.05) is 12.1 Å². The van der Waals surface area contributed by atoms with Crippen LogP contribution in [0.1, 0.15) is 10.4 Å². The van der Waals surface area contributed by atoms with Gasteiger partial charge in [-0.15, -0.1) is 12.4 Å². The number of rotatable bonds is 2. The summed E-state index contributed by atoms with van der Waals surface area (Å²) in [6, 6.07) is 10.8. The molecule has 0 aliphatic heterocycles. The molecule has 0 aromatic heterocycles. The Bertz CT molecular complexity index is 628. The molecule has 0 aliphatic carbocycles. The van der Waals surface area contributed by atoms with Crippen LogP contribution in [0.3, 0.4) is 0 Å². The van der Waals surface area contributed by atoms with E-state index in [0.717, 1.165) is 16.5 Å². The fourth-order valence-electron chi connectivity index (χ4n) is 1.78. The van der Waals surface area contributed by atoms with Gasteiger partial charge in [-0.3, -0.25) is 15.5 Å². The lowest BCUT2D eigenvalue weighted by Gasteiger charge is -2.08. The number of nitrogens with two attached hydrogens (primary N) is 1. The van der Waals surface area contributed by atoms with E-state index < -0.39 is 5.91 Å². The fraction of sp³-hybridized carbons (Fsp3) is 0.0769. The first kappa shape index (κ1) is 14.8. The monoisotopic (exact) mass is 279 g/mol. The summed E-state index contributed by atoms with van der Waals surface area (Å²) in [5.41, 5.74) is 5.63. The number of nitrogens with one attached hydrogen (secondary N) is 2. The molecule has 6 heteroatoms. The van der Waals surface area contributed by atoms with E-state index in [0.29, 0.717) is 5.56 Å². The molecule has 0 fully saturated rings. The maximum Gasteiger partial charge on any atom is 0.258 e. The molecule has 0 spiro atoms. The van der Waals surface area contributed by atoms with Gasteiger partial charge in [-0.25, -0.2) is 0 Å². The molecule has 0 radical (unpaired) electrons. The summed E-state index contributed by atoms with van der Waals surface area (Å²) in [6.45, 7) is 0. The molecular weight excluding hydrogens is 266 g/mol. The Morgan fingerprint density at radius 3 is 2.68 bits per heavy atom. The fourth-order valence-corrected chi connectivity index (χ4v) is 1.78. The largest absolute Gasteiger partial charge is 0.497 e. The van der Waals surface area contributed by atoms with Crippen LogP contribution in [0.5, 0.6) is 5.75 Å². The van der Waals surface area contributed by atoms with Gasteiger partial charge in [0.1, 0.15) is 5.75 Å². The number of benzene rings is 2. The van der Waals surface area contributed by atoms with Gasteiger partial charge in [0.25, 0.3) is 5.91 Å². The summed E-state index contributed by atoms with van der Waals surface area (Å²) >= 11 is 0. The van der Waals surface area contributed by atoms with E-state index in [4.69, 9.17) is 15.9 Å². The molecule has 2 rings (SSSR count). The lowest BCUT2D eigenvalue weighted by Crippen LogP contribution is -2.35. The second kappa shape index (κ2) is 6.06. The zero-order valence-electron chi connectivity index (χ0n) is 10.3. The highest BCUT2D eigenvalue weighted by atomic mass is 35.5. The van der Waals surface area contributed by atoms with Crippen molar-refractivity contribution < 1.29 is 9.53 Å². The summed E-state index contributed by atoms with van der Waals surface area (Å²) in [6.07, 6.45) is 0. The first-order valence-electron chi connectivity index (χ1n) is 5.34. The minimum atomic E-state index is -0.390. The molecule has 4 N–H and O–H groups in total. The number of carbonyl (C=O) groups is 1. The van der Waals surface area contributed by atoms with Crippen LogP contribution < -0.4 is 15.8 Å². The minimum absolute atomic E-state index is 0. The smallest absolute Gasteiger partial charge is 0.258 e. The van der Waals surface area contributed by atoms with Crippen molar-refractivity contribution in [2.24, 2.45) is 5.73 Å². The van der Waals surface area contributed by atoms with Crippen molar-refractivity contribution in [1.82, 2.24) is 5.32 Å². The molecular formula is C13H14ClN3O2. The molecule has 0 heterocycles. The molecule has 2 aromatic rings. The Labute approximate surface area is 116 Å². The van der Waals surface area contributed by atoms with Gasteiger partial charge in [-0.2, -0.15) is 0 Å². The van der Waals surface area contributed by atoms with Crippen molar-refractivity contribution in [3.63, 3.8) is 0 Å². The number of halogens is 1. The van der Waals surface area contributed by atoms with Crippen LogP contribution >= 0.6 is 12.4 Å². The Hall–Kier alpha value is -2.27. The predicted octanol–water partition coefficient (Wildman–Crippen LogP) is 1.89. The molecule has 5 nitrogen and oxygen atoms in total. The summed E-state index contributed by atoms with van der Waals surface area (Å²) in [7, 11) is 1.59. The average molecular weight is 280 g/mol. The van der Waals surface area contributed by atoms with Crippen LogP contribution in [0.25, 0.3) is 10.8 Å². The molecule has 0 unspecified atom stereocenters. The summed E-state index contributed by atoms with van der Waals surface area (Å²) in [5, 5.41) is 11.0. The molecule has 19 heavy (non-hydrogen) atoms. The summed E-state index contributed by atoms with van der Waals surface area (Å²) in [4.78, 5) is 11.9. The zero-order valence-corrected chi connectivity index (χ0v) is 11.1. The van der Waals surface area contributed by atoms with Crippen molar-refractivity contribution in [2.45, 2.75) is 0 Å². The number of guanidine groups is 1. The Kier molecular flexibility index (Phi) is 4.72. The van der Waals surface area contributed by atoms with E-state index in [1.807, 2.05) is 18.2 Å². The summed E-state index contributed by atoms with van der Waals surface area (Å²) < 4.78 is 5.13. The molecule has 2 aromatic carbocycles. The van der Waals surface area contributed by atoms with E-state index >= 15 is 0 Å². The maximum atomic E-state index is 11.9. The van der Waals surface area contributed by atoms with Gasteiger partial charge in [-0.05, 0) is 35.0 Å². The maximum absolute atomic E-state index is 11.9. The molecule has 0 saturated carbocycles. The minimum Gasteiger partial charge on any atom is -0.497 e. The molecule has 0 bridgehead atoms. The van der Waals surface area contributed by atoms with Gasteiger partial charge in [0.2, 0.25) is 0 Å². The summed E-state index contributed by atoms with van der Waals surface area (Å²) in [5.74, 6) is -0.0320. The van der Waals surface area contributed by atoms with Crippen LogP contribution in [0.2, 0.25) is 0 Å². The highest BCUT2D eigenvalue weighted by Crippen LogP contribution is 2.23. The molecule has 0 saturated heterocycles. The van der Waals surface area contributed by atoms with Gasteiger partial charge in [0.05, 0.1) is 7.11 Å². The normalized spacial score (nSPS) is 9.53. The van der Waals surface area contributed by atoms with Crippen molar-refractivity contribution in [3.05, 3.63) is 42.0 Å². The number of ether oxygens (including phenoxy) is 1. The topological polar surface area (TPSA) is 88.2 Å². The van der Waals surface area contributed by atoms with Crippen molar-refractivity contribution in [3.8, 4) is 5.75 Å². The van der Waals surface area contributed by atoms with Gasteiger partial charge >= 0.3 is 0 Å². The van der Waals surface area contributed by atoms with Crippen molar-refractivity contribution >= 4 is 35.0 Å². The Morgan fingerprint density at radius 1 is 1.32 bits per heavy atom. The Balaban J connectivity index is 0.00000180. The van der Waals surface area contributed by atoms with Crippen LogP contribution in [0.4, 0.5) is 0 Å². The van der Waals surface area contributed by atoms with Crippen LogP contribution in [-0.2, 0) is 0 Å². The first-order chi connectivity index (χ1) is 8.61. The van der Waals surface area contributed by atoms with Crippen molar-refractivity contribution in [2.75, 3.05) is 7.11 Å². The van der Waals surface area contributed by atoms with Crippen molar-refractivity contribution in [1.29, 1.82) is 5.41 Å². The van der Waals surface area contributed by atoms with Crippen LogP contribution in [0, 0.1) is 5.41 Å². The SMILES string of the molecule is COc1ccc2c(C(=O)NC(=N)N)cccc2c1.Cl. The van der Waals surface area contributed by atoms with Crippen LogP contribution in [-0.4, -0.2) is 19.0 Å². The standard InChI is InChI=1S/C13H13N3O2.ClH/c1-18-9-5-6-10-8(7-9)3-2-4-11(10)12(17)16-13(14)15;/h2-7H,1H3,(H4,14,15,16,17);1H. The average Bonchev–Trinajstić information content (AvgIpc) is 2.36. The lowest BCUT2D eigenvalue weighted by molar-refractivity contribution is 0.0978. The van der Waals surface area contributed by atoms with E-state index in [2.05, 4.69) is 5.32 Å². The zero-order chi connectivity index (χ0) is 13.1. The first-order valence-corrected chi connectivity index (χ1v) is 5.34. The molecule has 0 aliphatic rings. The molecule has 100 valence electrons. The number of carbonyl (C=O) groups excluding carboxylic acids is 1. The molecule has 0 atom stereocenters. The second-order valence-electron chi connectivity index (χ2n) is 3.76. The number of fused-ring (bicyclic) bond motifs is 1. The number of amides is 1. The van der Waals surface area contributed by atoms with E-state index in [1.54, 1.807) is 25.3 Å². The number of hydrogen-bond donors (Lipinski definition) is 3. The Morgan fingerprint density at radius 2 is 2.05 bits per heavy atom. The van der Waals surface area contributed by atoms with Gasteiger partial charge < -0.3 is 10.5 Å².